The number of esters is 1. The summed E-state index contributed by atoms with van der Waals surface area (Å²) in [5.74, 6) is -0.589. The van der Waals surface area contributed by atoms with E-state index in [1.54, 1.807) is 29.3 Å². The molecule has 1 fully saturated rings. The lowest BCUT2D eigenvalue weighted by molar-refractivity contribution is -0.141. The molecular weight excluding hydrogens is 244 g/mol. The summed E-state index contributed by atoms with van der Waals surface area (Å²) in [5, 5.41) is 0. The van der Waals surface area contributed by atoms with Gasteiger partial charge in [0.05, 0.1) is 7.11 Å². The second-order valence-corrected chi connectivity index (χ2v) is 4.66. The van der Waals surface area contributed by atoms with E-state index in [9.17, 15) is 9.59 Å². The highest BCUT2D eigenvalue weighted by molar-refractivity contribution is 5.94. The van der Waals surface area contributed by atoms with Crippen molar-refractivity contribution in [3.05, 3.63) is 30.1 Å². The van der Waals surface area contributed by atoms with Gasteiger partial charge in [-0.25, -0.2) is 0 Å². The Bertz CT molecular complexity index is 441. The Morgan fingerprint density at radius 1 is 1.37 bits per heavy atom. The minimum absolute atomic E-state index is 0.00340. The number of hydrogen-bond acceptors (Lipinski definition) is 4. The summed E-state index contributed by atoms with van der Waals surface area (Å²) in [6.07, 6.45) is 5.65. The maximum atomic E-state index is 12.4. The van der Waals surface area contributed by atoms with Crippen LogP contribution in [0.5, 0.6) is 0 Å². The minimum Gasteiger partial charge on any atom is -0.468 e. The molecule has 0 spiro atoms. The third kappa shape index (κ3) is 3.30. The zero-order valence-corrected chi connectivity index (χ0v) is 11.0. The van der Waals surface area contributed by atoms with Crippen molar-refractivity contribution < 1.29 is 14.3 Å². The quantitative estimate of drug-likeness (QED) is 0.774. The summed E-state index contributed by atoms with van der Waals surface area (Å²) in [6.45, 7) is -0.00340. The highest BCUT2D eigenvalue weighted by Crippen LogP contribution is 2.24. The molecule has 1 heterocycles. The van der Waals surface area contributed by atoms with Crippen LogP contribution in [0.1, 0.15) is 36.2 Å². The van der Waals surface area contributed by atoms with Gasteiger partial charge in [-0.05, 0) is 25.0 Å². The maximum absolute atomic E-state index is 12.4. The topological polar surface area (TPSA) is 59.5 Å². The molecule has 1 aliphatic carbocycles. The van der Waals surface area contributed by atoms with Gasteiger partial charge in [-0.3, -0.25) is 14.6 Å². The van der Waals surface area contributed by atoms with Gasteiger partial charge in [-0.15, -0.1) is 0 Å². The van der Waals surface area contributed by atoms with Crippen molar-refractivity contribution in [3.8, 4) is 0 Å². The van der Waals surface area contributed by atoms with Crippen LogP contribution in [0.2, 0.25) is 0 Å². The molecule has 2 rings (SSSR count). The lowest BCUT2D eigenvalue weighted by Gasteiger charge is -2.27. The van der Waals surface area contributed by atoms with Crippen molar-refractivity contribution in [1.82, 2.24) is 9.88 Å². The van der Waals surface area contributed by atoms with E-state index in [2.05, 4.69) is 9.72 Å². The third-order valence-corrected chi connectivity index (χ3v) is 3.44. The van der Waals surface area contributed by atoms with E-state index in [-0.39, 0.29) is 18.5 Å². The molecular formula is C14H18N2O3. The molecule has 0 saturated heterocycles. The van der Waals surface area contributed by atoms with Crippen LogP contribution >= 0.6 is 0 Å². The highest BCUT2D eigenvalue weighted by Gasteiger charge is 2.29. The van der Waals surface area contributed by atoms with Crippen LogP contribution in [0.25, 0.3) is 0 Å². The largest absolute Gasteiger partial charge is 0.468 e. The first-order chi connectivity index (χ1) is 9.22. The molecule has 0 atom stereocenters. The number of amides is 1. The predicted octanol–water partition coefficient (Wildman–Crippen LogP) is 1.64. The van der Waals surface area contributed by atoms with Crippen LogP contribution in [0.3, 0.4) is 0 Å². The fraction of sp³-hybridized carbons (Fsp3) is 0.500. The van der Waals surface area contributed by atoms with Gasteiger partial charge < -0.3 is 9.64 Å². The average molecular weight is 262 g/mol. The van der Waals surface area contributed by atoms with Gasteiger partial charge in [0.2, 0.25) is 0 Å². The van der Waals surface area contributed by atoms with E-state index in [0.29, 0.717) is 5.69 Å². The average Bonchev–Trinajstić information content (AvgIpc) is 2.98. The molecule has 1 aromatic rings. The first-order valence-corrected chi connectivity index (χ1v) is 6.51. The second kappa shape index (κ2) is 6.31. The van der Waals surface area contributed by atoms with Crippen LogP contribution in [-0.4, -0.2) is 41.5 Å². The Hall–Kier alpha value is -1.91. The third-order valence-electron chi connectivity index (χ3n) is 3.44. The summed E-state index contributed by atoms with van der Waals surface area (Å²) in [7, 11) is 1.33. The summed E-state index contributed by atoms with van der Waals surface area (Å²) in [5.41, 5.74) is 0.373. The molecule has 5 heteroatoms. The molecule has 1 saturated carbocycles. The van der Waals surface area contributed by atoms with Crippen molar-refractivity contribution >= 4 is 11.9 Å². The first-order valence-electron chi connectivity index (χ1n) is 6.51. The molecule has 0 N–H and O–H groups in total. The van der Waals surface area contributed by atoms with E-state index in [1.165, 1.54) is 7.11 Å². The lowest BCUT2D eigenvalue weighted by atomic mass is 10.2. The number of rotatable bonds is 4. The first kappa shape index (κ1) is 13.5. The van der Waals surface area contributed by atoms with Crippen LogP contribution in [0.4, 0.5) is 0 Å². The van der Waals surface area contributed by atoms with Gasteiger partial charge in [-0.2, -0.15) is 0 Å². The SMILES string of the molecule is COC(=O)CN(C(=O)c1ccccn1)C1CCCC1. The number of hydrogen-bond donors (Lipinski definition) is 0. The zero-order chi connectivity index (χ0) is 13.7. The van der Waals surface area contributed by atoms with E-state index in [1.807, 2.05) is 0 Å². The van der Waals surface area contributed by atoms with Crippen molar-refractivity contribution in [2.75, 3.05) is 13.7 Å². The number of carbonyl (C=O) groups is 2. The smallest absolute Gasteiger partial charge is 0.325 e. The van der Waals surface area contributed by atoms with Crippen molar-refractivity contribution in [2.45, 2.75) is 31.7 Å². The summed E-state index contributed by atoms with van der Waals surface area (Å²) in [4.78, 5) is 29.6. The molecule has 1 aliphatic rings. The molecule has 1 amide bonds. The van der Waals surface area contributed by atoms with Crippen LogP contribution in [0, 0.1) is 0 Å². The zero-order valence-electron chi connectivity index (χ0n) is 11.0. The Balaban J connectivity index is 2.16. The van der Waals surface area contributed by atoms with E-state index < -0.39 is 5.97 Å². The Kier molecular flexibility index (Phi) is 4.49. The fourth-order valence-electron chi connectivity index (χ4n) is 2.42. The molecule has 0 aliphatic heterocycles. The number of aromatic nitrogens is 1. The van der Waals surface area contributed by atoms with Gasteiger partial charge in [0, 0.05) is 12.2 Å². The molecule has 0 radical (unpaired) electrons. The second-order valence-electron chi connectivity index (χ2n) is 4.66. The molecule has 1 aromatic heterocycles. The minimum atomic E-state index is -0.392. The molecule has 5 nitrogen and oxygen atoms in total. The van der Waals surface area contributed by atoms with Crippen LogP contribution in [-0.2, 0) is 9.53 Å². The van der Waals surface area contributed by atoms with Crippen molar-refractivity contribution in [1.29, 1.82) is 0 Å². The van der Waals surface area contributed by atoms with Crippen molar-refractivity contribution in [3.63, 3.8) is 0 Å². The number of pyridine rings is 1. The molecule has 0 unspecified atom stereocenters. The van der Waals surface area contributed by atoms with Crippen LogP contribution < -0.4 is 0 Å². The Morgan fingerprint density at radius 3 is 2.68 bits per heavy atom. The predicted molar refractivity (Wildman–Crippen MR) is 69.5 cm³/mol. The van der Waals surface area contributed by atoms with Gasteiger partial charge in [0.25, 0.3) is 5.91 Å². The van der Waals surface area contributed by atoms with E-state index in [0.717, 1.165) is 25.7 Å². The number of methoxy groups -OCH3 is 1. The molecule has 102 valence electrons. The van der Waals surface area contributed by atoms with Gasteiger partial charge >= 0.3 is 5.97 Å². The highest BCUT2D eigenvalue weighted by atomic mass is 16.5. The van der Waals surface area contributed by atoms with E-state index >= 15 is 0 Å². The summed E-state index contributed by atoms with van der Waals surface area (Å²) in [6, 6.07) is 5.32. The van der Waals surface area contributed by atoms with Gasteiger partial charge in [0.1, 0.15) is 12.2 Å². The maximum Gasteiger partial charge on any atom is 0.325 e. The molecule has 19 heavy (non-hydrogen) atoms. The monoisotopic (exact) mass is 262 g/mol. The number of ether oxygens (including phenoxy) is 1. The van der Waals surface area contributed by atoms with Gasteiger partial charge in [0.15, 0.2) is 0 Å². The van der Waals surface area contributed by atoms with E-state index in [4.69, 9.17) is 0 Å². The summed E-state index contributed by atoms with van der Waals surface area (Å²) < 4.78 is 4.67. The normalized spacial score (nSPS) is 15.2. The number of carbonyl (C=O) groups excluding carboxylic acids is 2. The molecule has 0 bridgehead atoms. The van der Waals surface area contributed by atoms with Crippen LogP contribution in [0.15, 0.2) is 24.4 Å². The Labute approximate surface area is 112 Å². The lowest BCUT2D eigenvalue weighted by Crippen LogP contribution is -2.42. The number of nitrogens with zero attached hydrogens (tertiary/aromatic N) is 2. The Morgan fingerprint density at radius 2 is 2.11 bits per heavy atom. The van der Waals surface area contributed by atoms with Crippen molar-refractivity contribution in [2.24, 2.45) is 0 Å². The molecule has 0 aromatic carbocycles. The van der Waals surface area contributed by atoms with Gasteiger partial charge in [-0.1, -0.05) is 18.9 Å². The summed E-state index contributed by atoms with van der Waals surface area (Å²) >= 11 is 0. The fourth-order valence-corrected chi connectivity index (χ4v) is 2.42. The standard InChI is InChI=1S/C14H18N2O3/c1-19-13(17)10-16(11-6-2-3-7-11)14(18)12-8-4-5-9-15-12/h4-5,8-9,11H,2-3,6-7,10H2,1H3.